The topological polar surface area (TPSA) is 82.5 Å². The second-order valence-electron chi connectivity index (χ2n) is 12.6. The maximum atomic E-state index is 9.04. The number of para-hydroxylation sites is 3. The van der Waals surface area contributed by atoms with E-state index < -0.39 is 113 Å². The van der Waals surface area contributed by atoms with Crippen molar-refractivity contribution >= 4 is 43.9 Å². The van der Waals surface area contributed by atoms with Crippen molar-refractivity contribution in [1.82, 2.24) is 29.5 Å². The van der Waals surface area contributed by atoms with Crippen LogP contribution in [0, 0.1) is 0 Å². The van der Waals surface area contributed by atoms with E-state index in [4.69, 9.17) is 34.9 Å². The molecule has 11 aromatic rings. The Labute approximate surface area is 342 Å². The van der Waals surface area contributed by atoms with Crippen molar-refractivity contribution in [3.63, 3.8) is 0 Å². The van der Waals surface area contributed by atoms with Gasteiger partial charge in [0, 0.05) is 44.0 Å². The average Bonchev–Trinajstić information content (AvgIpc) is 3.93. The van der Waals surface area contributed by atoms with E-state index in [1.54, 1.807) is 42.5 Å². The first-order valence-electron chi connectivity index (χ1n) is 24.8. The van der Waals surface area contributed by atoms with Gasteiger partial charge in [-0.15, -0.1) is 0 Å². The van der Waals surface area contributed by atoms with Crippen molar-refractivity contribution in [1.29, 1.82) is 0 Å². The molecule has 7 nitrogen and oxygen atoms in total. The molecule has 4 aromatic heterocycles. The number of rotatable bonds is 6. The second kappa shape index (κ2) is 13.0. The Morgan fingerprint density at radius 3 is 1.57 bits per heavy atom. The zero-order valence-electron chi connectivity index (χ0n) is 43.8. The Balaban J connectivity index is 1.28. The predicted octanol–water partition coefficient (Wildman–Crippen LogP) is 12.0. The first kappa shape index (κ1) is 20.1. The second-order valence-corrected chi connectivity index (χ2v) is 12.6. The molecule has 0 fully saturated rings. The van der Waals surface area contributed by atoms with Gasteiger partial charge in [0.2, 0.25) is 0 Å². The summed E-state index contributed by atoms with van der Waals surface area (Å²) in [6, 6.07) is 17.7. The van der Waals surface area contributed by atoms with Crippen LogP contribution in [0.15, 0.2) is 186 Å². The van der Waals surface area contributed by atoms with Gasteiger partial charge in [0.15, 0.2) is 28.9 Å². The number of aromatic nitrogens is 6. The lowest BCUT2D eigenvalue weighted by Gasteiger charge is -2.16. The molecule has 0 aliphatic heterocycles. The van der Waals surface area contributed by atoms with Crippen molar-refractivity contribution in [2.75, 3.05) is 0 Å². The molecule has 262 valence electrons. The Kier molecular flexibility index (Phi) is 4.65. The van der Waals surface area contributed by atoms with Gasteiger partial charge in [0.1, 0.15) is 16.8 Å². The van der Waals surface area contributed by atoms with Gasteiger partial charge in [0.25, 0.3) is 0 Å². The van der Waals surface area contributed by atoms with Gasteiger partial charge < -0.3 is 8.98 Å². The lowest BCUT2D eigenvalue weighted by Crippen LogP contribution is -2.03. The first-order chi connectivity index (χ1) is 34.0. The Morgan fingerprint density at radius 1 is 0.446 bits per heavy atom. The summed E-state index contributed by atoms with van der Waals surface area (Å²) < 4.78 is 138. The van der Waals surface area contributed by atoms with Gasteiger partial charge >= 0.3 is 0 Å². The summed E-state index contributed by atoms with van der Waals surface area (Å²) >= 11 is 0. The van der Waals surface area contributed by atoms with Crippen molar-refractivity contribution in [2.45, 2.75) is 0 Å². The fourth-order valence-electron chi connectivity index (χ4n) is 6.93. The monoisotopic (exact) mass is 733 g/mol. The standard InChI is InChI=1S/C49H30N6O/c1-4-16-31(17-5-1)43-45-44(37-24-12-15-27-42(37)56-45)51-49(50-43)38-30-34(28-29-41(38)55-39-25-13-10-22-35(39)36-23-11-14-26-40(36)55)48-53-46(32-18-6-2-7-19-32)52-47(54-48)33-20-8-3-9-21-33/h1-30H/i1D,2D,3D,4D,5D,6D,7D,8D,9D,16D,17D,18D,19D,20D,21D. The molecular formula is C49H30N6O. The first-order valence-corrected chi connectivity index (χ1v) is 17.3. The molecule has 0 atom stereocenters. The molecule has 7 aromatic carbocycles. The molecule has 0 radical (unpaired) electrons. The zero-order chi connectivity index (χ0) is 50.1. The van der Waals surface area contributed by atoms with Crippen LogP contribution in [0.25, 0.3) is 106 Å². The SMILES string of the molecule is [2H]c1c([2H])c([2H])c(-c2nc(-c3ccc(-n4c5ccccc5c5ccccc54)c(-c4nc(-c5c([2H])c([2H])c([2H])c([2H])c5[2H])c5oc6ccccc6c5n4)c3)nc(-c3c([2H])c([2H])c([2H])c([2H])c3[2H])n2)c([2H])c1[2H]. The fraction of sp³-hybridized carbons (Fsp3) is 0. The van der Waals surface area contributed by atoms with Crippen LogP contribution in [0.5, 0.6) is 0 Å². The van der Waals surface area contributed by atoms with E-state index in [0.29, 0.717) is 16.7 Å². The Hall–Kier alpha value is -7.77. The maximum absolute atomic E-state index is 9.04. The third-order valence-electron chi connectivity index (χ3n) is 9.36. The Bertz CT molecular complexity index is 3930. The summed E-state index contributed by atoms with van der Waals surface area (Å²) in [5, 5.41) is 2.33. The summed E-state index contributed by atoms with van der Waals surface area (Å²) in [6.07, 6.45) is 0. The lowest BCUT2D eigenvalue weighted by molar-refractivity contribution is 0.667. The molecule has 11 rings (SSSR count). The van der Waals surface area contributed by atoms with Gasteiger partial charge in [0.05, 0.1) is 37.3 Å². The lowest BCUT2D eigenvalue weighted by atomic mass is 10.0. The van der Waals surface area contributed by atoms with Gasteiger partial charge in [-0.05, 0) is 42.5 Å². The number of fused-ring (bicyclic) bond motifs is 6. The van der Waals surface area contributed by atoms with Crippen molar-refractivity contribution < 1.29 is 25.0 Å². The molecule has 4 heterocycles. The molecule has 0 aliphatic rings. The summed E-state index contributed by atoms with van der Waals surface area (Å²) in [4.78, 5) is 23.9. The largest absolute Gasteiger partial charge is 0.452 e. The van der Waals surface area contributed by atoms with E-state index in [-0.39, 0.29) is 45.1 Å². The molecule has 0 amide bonds. The van der Waals surface area contributed by atoms with Crippen LogP contribution < -0.4 is 0 Å². The van der Waals surface area contributed by atoms with E-state index >= 15 is 0 Å². The van der Waals surface area contributed by atoms with Crippen LogP contribution in [0.2, 0.25) is 0 Å². The molecule has 0 N–H and O–H groups in total. The third-order valence-corrected chi connectivity index (χ3v) is 9.36. The van der Waals surface area contributed by atoms with Crippen LogP contribution in [-0.2, 0) is 0 Å². The van der Waals surface area contributed by atoms with Crippen molar-refractivity contribution in [3.05, 3.63) is 182 Å². The fourth-order valence-corrected chi connectivity index (χ4v) is 6.93. The predicted molar refractivity (Wildman–Crippen MR) is 224 cm³/mol. The highest BCUT2D eigenvalue weighted by Crippen LogP contribution is 2.40. The molecule has 0 spiro atoms. The van der Waals surface area contributed by atoms with E-state index in [2.05, 4.69) is 15.0 Å². The smallest absolute Gasteiger partial charge is 0.180 e. The number of benzene rings is 7. The van der Waals surface area contributed by atoms with Gasteiger partial charge in [-0.25, -0.2) is 24.9 Å². The zero-order valence-corrected chi connectivity index (χ0v) is 28.8. The number of furan rings is 1. The summed E-state index contributed by atoms with van der Waals surface area (Å²) in [6.45, 7) is 0. The van der Waals surface area contributed by atoms with Crippen LogP contribution in [0.1, 0.15) is 20.6 Å². The number of nitrogens with zero attached hydrogens (tertiary/aromatic N) is 6. The molecule has 0 unspecified atom stereocenters. The highest BCUT2D eigenvalue weighted by molar-refractivity contribution is 6.10. The van der Waals surface area contributed by atoms with E-state index in [9.17, 15) is 0 Å². The van der Waals surface area contributed by atoms with Crippen LogP contribution in [0.4, 0.5) is 0 Å². The minimum Gasteiger partial charge on any atom is -0.452 e. The van der Waals surface area contributed by atoms with Crippen molar-refractivity contribution in [2.24, 2.45) is 0 Å². The van der Waals surface area contributed by atoms with Gasteiger partial charge in [-0.1, -0.05) is 139 Å². The van der Waals surface area contributed by atoms with Crippen LogP contribution in [0.3, 0.4) is 0 Å². The summed E-state index contributed by atoms with van der Waals surface area (Å²) in [7, 11) is 0. The van der Waals surface area contributed by atoms with Crippen LogP contribution in [-0.4, -0.2) is 29.5 Å². The highest BCUT2D eigenvalue weighted by atomic mass is 16.3. The minimum absolute atomic E-state index is 0.0182. The molecule has 0 bridgehead atoms. The van der Waals surface area contributed by atoms with Gasteiger partial charge in [-0.2, -0.15) is 0 Å². The number of hydrogen-bond donors (Lipinski definition) is 0. The molecule has 0 aliphatic carbocycles. The molecule has 7 heteroatoms. The normalized spacial score (nSPS) is 15.3. The third kappa shape index (κ3) is 5.25. The highest BCUT2D eigenvalue weighted by Gasteiger charge is 2.23. The molecule has 0 saturated carbocycles. The minimum atomic E-state index is -0.695. The van der Waals surface area contributed by atoms with Crippen molar-refractivity contribution in [3.8, 4) is 62.5 Å². The maximum Gasteiger partial charge on any atom is 0.180 e. The molecule has 0 saturated heterocycles. The van der Waals surface area contributed by atoms with E-state index in [1.807, 2.05) is 53.1 Å². The van der Waals surface area contributed by atoms with Gasteiger partial charge in [-0.3, -0.25) is 0 Å². The quantitative estimate of drug-likeness (QED) is 0.169. The number of hydrogen-bond acceptors (Lipinski definition) is 6. The van der Waals surface area contributed by atoms with Crippen LogP contribution >= 0.6 is 0 Å². The van der Waals surface area contributed by atoms with E-state index in [1.165, 1.54) is 0 Å². The molecule has 56 heavy (non-hydrogen) atoms. The Morgan fingerprint density at radius 2 is 0.964 bits per heavy atom. The van der Waals surface area contributed by atoms with E-state index in [0.717, 1.165) is 21.8 Å². The average molecular weight is 734 g/mol. The summed E-state index contributed by atoms with van der Waals surface area (Å²) in [5.41, 5.74) is 1.89. The molecular weight excluding hydrogens is 689 g/mol. The summed E-state index contributed by atoms with van der Waals surface area (Å²) in [5.74, 6) is -1.17.